The maximum absolute atomic E-state index is 12.0. The average molecular weight is 326 g/mol. The lowest BCUT2D eigenvalue weighted by molar-refractivity contribution is 0.102. The van der Waals surface area contributed by atoms with Crippen LogP contribution in [0.4, 0.5) is 5.69 Å². The SMILES string of the molecule is Cc1ccnc(Cl)c1NC(=O)c1ccc(Br)cc1. The third kappa shape index (κ3) is 2.89. The van der Waals surface area contributed by atoms with Crippen LogP contribution in [0.2, 0.25) is 5.15 Å². The zero-order valence-corrected chi connectivity index (χ0v) is 11.9. The predicted molar refractivity (Wildman–Crippen MR) is 76.1 cm³/mol. The van der Waals surface area contributed by atoms with Crippen LogP contribution in [0, 0.1) is 6.92 Å². The van der Waals surface area contributed by atoms with Gasteiger partial charge in [0.2, 0.25) is 0 Å². The van der Waals surface area contributed by atoms with Gasteiger partial charge >= 0.3 is 0 Å². The van der Waals surface area contributed by atoms with Crippen LogP contribution in [0.25, 0.3) is 0 Å². The topological polar surface area (TPSA) is 42.0 Å². The molecule has 0 saturated heterocycles. The molecule has 1 heterocycles. The number of nitrogens with one attached hydrogen (secondary N) is 1. The third-order valence-electron chi connectivity index (χ3n) is 2.46. The van der Waals surface area contributed by atoms with Gasteiger partial charge in [0.1, 0.15) is 0 Å². The van der Waals surface area contributed by atoms with Crippen LogP contribution in [0.15, 0.2) is 41.0 Å². The number of halogens is 2. The van der Waals surface area contributed by atoms with E-state index in [-0.39, 0.29) is 5.91 Å². The van der Waals surface area contributed by atoms with Crippen LogP contribution in [-0.4, -0.2) is 10.9 Å². The monoisotopic (exact) mass is 324 g/mol. The summed E-state index contributed by atoms with van der Waals surface area (Å²) in [6.07, 6.45) is 1.60. The van der Waals surface area contributed by atoms with E-state index in [0.717, 1.165) is 10.0 Å². The van der Waals surface area contributed by atoms with Crippen LogP contribution in [0.5, 0.6) is 0 Å². The van der Waals surface area contributed by atoms with E-state index in [1.165, 1.54) is 0 Å². The molecular formula is C13H10BrClN2O. The van der Waals surface area contributed by atoms with Crippen molar-refractivity contribution in [2.75, 3.05) is 5.32 Å². The second-order valence-electron chi connectivity index (χ2n) is 3.75. The molecule has 0 spiro atoms. The summed E-state index contributed by atoms with van der Waals surface area (Å²) in [6.45, 7) is 1.87. The first kappa shape index (κ1) is 13.1. The molecule has 0 atom stereocenters. The van der Waals surface area contributed by atoms with E-state index < -0.39 is 0 Å². The summed E-state index contributed by atoms with van der Waals surface area (Å²) in [6, 6.07) is 8.89. The van der Waals surface area contributed by atoms with Crippen LogP contribution in [0.1, 0.15) is 15.9 Å². The summed E-state index contributed by atoms with van der Waals surface area (Å²) in [5, 5.41) is 3.06. The van der Waals surface area contributed by atoms with Crippen LogP contribution in [0.3, 0.4) is 0 Å². The van der Waals surface area contributed by atoms with Gasteiger partial charge in [-0.15, -0.1) is 0 Å². The van der Waals surface area contributed by atoms with Gasteiger partial charge in [0.05, 0.1) is 5.69 Å². The number of benzene rings is 1. The fraction of sp³-hybridized carbons (Fsp3) is 0.0769. The number of aromatic nitrogens is 1. The second-order valence-corrected chi connectivity index (χ2v) is 5.03. The zero-order chi connectivity index (χ0) is 13.1. The minimum absolute atomic E-state index is 0.208. The van der Waals surface area contributed by atoms with Gasteiger partial charge in [0.15, 0.2) is 5.15 Å². The van der Waals surface area contributed by atoms with Crippen LogP contribution >= 0.6 is 27.5 Å². The highest BCUT2D eigenvalue weighted by atomic mass is 79.9. The normalized spacial score (nSPS) is 10.2. The van der Waals surface area contributed by atoms with E-state index in [1.807, 2.05) is 19.1 Å². The highest BCUT2D eigenvalue weighted by Crippen LogP contribution is 2.23. The van der Waals surface area contributed by atoms with Crippen LogP contribution in [-0.2, 0) is 0 Å². The number of hydrogen-bond donors (Lipinski definition) is 1. The van der Waals surface area contributed by atoms with Gasteiger partial charge in [-0.1, -0.05) is 27.5 Å². The van der Waals surface area contributed by atoms with Gasteiger partial charge in [-0.3, -0.25) is 4.79 Å². The van der Waals surface area contributed by atoms with Gasteiger partial charge in [0, 0.05) is 16.2 Å². The number of aryl methyl sites for hydroxylation is 1. The molecule has 0 aliphatic carbocycles. The van der Waals surface area contributed by atoms with Crippen LogP contribution < -0.4 is 5.32 Å². The minimum Gasteiger partial charge on any atom is -0.319 e. The molecule has 1 amide bonds. The summed E-state index contributed by atoms with van der Waals surface area (Å²) in [5.74, 6) is -0.208. The Kier molecular flexibility index (Phi) is 3.99. The Labute approximate surface area is 118 Å². The molecule has 0 unspecified atom stereocenters. The molecule has 0 fully saturated rings. The molecular weight excluding hydrogens is 316 g/mol. The molecule has 1 aromatic carbocycles. The molecule has 2 aromatic rings. The molecule has 2 rings (SSSR count). The van der Waals surface area contributed by atoms with Crippen molar-refractivity contribution >= 4 is 39.1 Å². The lowest BCUT2D eigenvalue weighted by Gasteiger charge is -2.09. The molecule has 0 saturated carbocycles. The predicted octanol–water partition coefficient (Wildman–Crippen LogP) is 4.06. The maximum Gasteiger partial charge on any atom is 0.255 e. The third-order valence-corrected chi connectivity index (χ3v) is 3.27. The Balaban J connectivity index is 2.24. The average Bonchev–Trinajstić information content (AvgIpc) is 2.34. The Morgan fingerprint density at radius 2 is 1.94 bits per heavy atom. The van der Waals surface area contributed by atoms with Crippen molar-refractivity contribution in [3.63, 3.8) is 0 Å². The summed E-state index contributed by atoms with van der Waals surface area (Å²) < 4.78 is 0.926. The van der Waals surface area contributed by atoms with Gasteiger partial charge in [-0.2, -0.15) is 0 Å². The molecule has 0 radical (unpaired) electrons. The highest BCUT2D eigenvalue weighted by molar-refractivity contribution is 9.10. The Bertz CT molecular complexity index is 564. The van der Waals surface area contributed by atoms with Crippen molar-refractivity contribution in [1.29, 1.82) is 0 Å². The largest absolute Gasteiger partial charge is 0.319 e. The molecule has 1 aromatic heterocycles. The van der Waals surface area contributed by atoms with Crippen molar-refractivity contribution in [3.8, 4) is 0 Å². The molecule has 5 heteroatoms. The molecule has 3 nitrogen and oxygen atoms in total. The van der Waals surface area contributed by atoms with E-state index in [0.29, 0.717) is 16.4 Å². The number of nitrogens with zero attached hydrogens (tertiary/aromatic N) is 1. The Morgan fingerprint density at radius 1 is 1.28 bits per heavy atom. The van der Waals surface area contributed by atoms with Gasteiger partial charge in [-0.05, 0) is 42.8 Å². The summed E-state index contributed by atoms with van der Waals surface area (Å²) in [7, 11) is 0. The molecule has 1 N–H and O–H groups in total. The van der Waals surface area contributed by atoms with E-state index in [4.69, 9.17) is 11.6 Å². The minimum atomic E-state index is -0.208. The van der Waals surface area contributed by atoms with E-state index in [2.05, 4.69) is 26.2 Å². The van der Waals surface area contributed by atoms with Gasteiger partial charge < -0.3 is 5.32 Å². The number of hydrogen-bond acceptors (Lipinski definition) is 2. The first-order valence-electron chi connectivity index (χ1n) is 5.26. The lowest BCUT2D eigenvalue weighted by Crippen LogP contribution is -2.13. The van der Waals surface area contributed by atoms with Crippen molar-refractivity contribution in [2.45, 2.75) is 6.92 Å². The number of pyridine rings is 1. The number of anilines is 1. The van der Waals surface area contributed by atoms with Crippen molar-refractivity contribution in [3.05, 3.63) is 57.3 Å². The molecule has 92 valence electrons. The van der Waals surface area contributed by atoms with Gasteiger partial charge in [-0.25, -0.2) is 4.98 Å². The molecule has 0 aliphatic rings. The highest BCUT2D eigenvalue weighted by Gasteiger charge is 2.10. The second kappa shape index (κ2) is 5.50. The summed E-state index contributed by atoms with van der Waals surface area (Å²) in [5.41, 5.74) is 1.99. The van der Waals surface area contributed by atoms with Crippen molar-refractivity contribution in [1.82, 2.24) is 4.98 Å². The molecule has 0 aliphatic heterocycles. The number of carbonyl (C=O) groups excluding carboxylic acids is 1. The van der Waals surface area contributed by atoms with E-state index in [9.17, 15) is 4.79 Å². The van der Waals surface area contributed by atoms with Crippen molar-refractivity contribution in [2.24, 2.45) is 0 Å². The quantitative estimate of drug-likeness (QED) is 0.846. The Morgan fingerprint density at radius 3 is 2.56 bits per heavy atom. The smallest absolute Gasteiger partial charge is 0.255 e. The Hall–Kier alpha value is -1.39. The van der Waals surface area contributed by atoms with Crippen molar-refractivity contribution < 1.29 is 4.79 Å². The molecule has 0 bridgehead atoms. The number of carbonyl (C=O) groups is 1. The standard InChI is InChI=1S/C13H10BrClN2O/c1-8-6-7-16-12(15)11(8)17-13(18)9-2-4-10(14)5-3-9/h2-7H,1H3,(H,17,18). The first-order chi connectivity index (χ1) is 8.58. The lowest BCUT2D eigenvalue weighted by atomic mass is 10.2. The zero-order valence-electron chi connectivity index (χ0n) is 9.58. The maximum atomic E-state index is 12.0. The number of amides is 1. The summed E-state index contributed by atoms with van der Waals surface area (Å²) >= 11 is 9.27. The number of rotatable bonds is 2. The van der Waals surface area contributed by atoms with E-state index >= 15 is 0 Å². The molecule has 18 heavy (non-hydrogen) atoms. The first-order valence-corrected chi connectivity index (χ1v) is 6.43. The van der Waals surface area contributed by atoms with Gasteiger partial charge in [0.25, 0.3) is 5.91 Å². The fourth-order valence-electron chi connectivity index (χ4n) is 1.46. The fourth-order valence-corrected chi connectivity index (χ4v) is 1.98. The summed E-state index contributed by atoms with van der Waals surface area (Å²) in [4.78, 5) is 16.0. The van der Waals surface area contributed by atoms with E-state index in [1.54, 1.807) is 24.4 Å².